The van der Waals surface area contributed by atoms with Crippen molar-refractivity contribution in [2.45, 2.75) is 37.5 Å². The lowest BCUT2D eigenvalue weighted by atomic mass is 9.59. The van der Waals surface area contributed by atoms with Gasteiger partial charge in [0.25, 0.3) is 0 Å². The van der Waals surface area contributed by atoms with Gasteiger partial charge in [-0.05, 0) is 37.9 Å². The summed E-state index contributed by atoms with van der Waals surface area (Å²) in [6.45, 7) is 3.60. The standard InChI is InChI=1S/C21H24N2O4/c1-3-12-11-23-9-8-13(12)21(19(26)27-2)16(23)10-20(17(21)24)14-6-4-5-7-15(14)22-18(20)25/h3-7,13,16,18,22,25H,8-11H2,1-2H3/b12-3+/t13-,16-,18-,20+,21+/m0/s1. The molecular weight excluding hydrogens is 344 g/mol. The number of ether oxygens (including phenoxy) is 1. The Labute approximate surface area is 158 Å². The molecule has 5 aliphatic rings. The zero-order valence-corrected chi connectivity index (χ0v) is 15.6. The third kappa shape index (κ3) is 1.74. The molecule has 6 rings (SSSR count). The van der Waals surface area contributed by atoms with Gasteiger partial charge >= 0.3 is 5.97 Å². The second-order valence-corrected chi connectivity index (χ2v) is 8.15. The summed E-state index contributed by atoms with van der Waals surface area (Å²) in [5, 5.41) is 14.1. The van der Waals surface area contributed by atoms with E-state index in [0.717, 1.165) is 36.3 Å². The predicted molar refractivity (Wildman–Crippen MR) is 99.0 cm³/mol. The topological polar surface area (TPSA) is 78.9 Å². The highest BCUT2D eigenvalue weighted by Gasteiger charge is 2.76. The van der Waals surface area contributed by atoms with Gasteiger partial charge in [0.15, 0.2) is 5.78 Å². The molecule has 0 amide bonds. The Bertz CT molecular complexity index is 881. The number of esters is 1. The maximum atomic E-state index is 14.2. The van der Waals surface area contributed by atoms with Crippen molar-refractivity contribution in [3.8, 4) is 0 Å². The van der Waals surface area contributed by atoms with E-state index in [9.17, 15) is 14.7 Å². The molecule has 142 valence electrons. The van der Waals surface area contributed by atoms with Gasteiger partial charge in [-0.2, -0.15) is 0 Å². The van der Waals surface area contributed by atoms with Crippen LogP contribution in [0.2, 0.25) is 0 Å². The average molecular weight is 368 g/mol. The van der Waals surface area contributed by atoms with Crippen molar-refractivity contribution in [1.29, 1.82) is 0 Å². The van der Waals surface area contributed by atoms with Gasteiger partial charge < -0.3 is 15.2 Å². The van der Waals surface area contributed by atoms with E-state index in [1.165, 1.54) is 7.11 Å². The van der Waals surface area contributed by atoms with E-state index in [1.54, 1.807) is 0 Å². The zero-order valence-electron chi connectivity index (χ0n) is 15.6. The number of allylic oxidation sites excluding steroid dienone is 1. The number of piperidine rings is 3. The number of ketones is 1. The molecule has 0 radical (unpaired) electrons. The Morgan fingerprint density at radius 3 is 2.93 bits per heavy atom. The number of fused-ring (bicyclic) bond motifs is 4. The molecule has 3 saturated heterocycles. The molecule has 2 bridgehead atoms. The fourth-order valence-corrected chi connectivity index (χ4v) is 6.29. The monoisotopic (exact) mass is 368 g/mol. The maximum absolute atomic E-state index is 14.2. The van der Waals surface area contributed by atoms with Crippen molar-refractivity contribution in [2.75, 3.05) is 25.5 Å². The number of para-hydroxylation sites is 1. The van der Waals surface area contributed by atoms with Crippen LogP contribution in [0.4, 0.5) is 5.69 Å². The lowest BCUT2D eigenvalue weighted by molar-refractivity contribution is -0.171. The number of hydrogen-bond donors (Lipinski definition) is 2. The molecule has 1 aromatic carbocycles. The summed E-state index contributed by atoms with van der Waals surface area (Å²) in [5.41, 5.74) is 0.336. The molecule has 1 unspecified atom stereocenters. The number of benzene rings is 1. The van der Waals surface area contributed by atoms with Crippen molar-refractivity contribution in [2.24, 2.45) is 11.3 Å². The predicted octanol–water partition coefficient (Wildman–Crippen LogP) is 1.45. The fourth-order valence-electron chi connectivity index (χ4n) is 6.29. The highest BCUT2D eigenvalue weighted by molar-refractivity contribution is 6.14. The first-order valence-electron chi connectivity index (χ1n) is 9.58. The smallest absolute Gasteiger partial charge is 0.321 e. The van der Waals surface area contributed by atoms with E-state index in [0.29, 0.717) is 6.42 Å². The summed E-state index contributed by atoms with van der Waals surface area (Å²) in [6.07, 6.45) is 2.19. The van der Waals surface area contributed by atoms with Gasteiger partial charge in [0.2, 0.25) is 0 Å². The second-order valence-electron chi connectivity index (χ2n) is 8.15. The Morgan fingerprint density at radius 1 is 1.41 bits per heavy atom. The minimum atomic E-state index is -1.24. The van der Waals surface area contributed by atoms with Gasteiger partial charge in [0.05, 0.1) is 7.11 Å². The van der Waals surface area contributed by atoms with Gasteiger partial charge in [-0.15, -0.1) is 0 Å². The molecule has 6 heteroatoms. The molecular formula is C21H24N2O4. The first-order valence-corrected chi connectivity index (χ1v) is 9.58. The van der Waals surface area contributed by atoms with Crippen LogP contribution in [0.3, 0.4) is 0 Å². The average Bonchev–Trinajstić information content (AvgIpc) is 3.16. The lowest BCUT2D eigenvalue weighted by Gasteiger charge is -2.54. The highest BCUT2D eigenvalue weighted by atomic mass is 16.5. The summed E-state index contributed by atoms with van der Waals surface area (Å²) >= 11 is 0. The van der Waals surface area contributed by atoms with Crippen LogP contribution in [0.15, 0.2) is 35.9 Å². The van der Waals surface area contributed by atoms with Crippen molar-refractivity contribution >= 4 is 17.4 Å². The summed E-state index contributed by atoms with van der Waals surface area (Å²) in [6, 6.07) is 7.28. The maximum Gasteiger partial charge on any atom is 0.321 e. The molecule has 1 spiro atoms. The first-order chi connectivity index (χ1) is 13.0. The number of anilines is 1. The Kier molecular flexibility index (Phi) is 3.41. The van der Waals surface area contributed by atoms with Crippen LogP contribution in [0.5, 0.6) is 0 Å². The van der Waals surface area contributed by atoms with Crippen LogP contribution < -0.4 is 5.32 Å². The summed E-state index contributed by atoms with van der Waals surface area (Å²) < 4.78 is 5.22. The number of rotatable bonds is 1. The van der Waals surface area contributed by atoms with Crippen LogP contribution in [-0.2, 0) is 19.7 Å². The number of carbonyl (C=O) groups excluding carboxylic acids is 2. The molecule has 2 N–H and O–H groups in total. The van der Waals surface area contributed by atoms with E-state index in [1.807, 2.05) is 37.3 Å². The molecule has 6 nitrogen and oxygen atoms in total. The van der Waals surface area contributed by atoms with Crippen LogP contribution in [0, 0.1) is 11.3 Å². The van der Waals surface area contributed by atoms with E-state index in [2.05, 4.69) is 10.2 Å². The molecule has 1 aromatic rings. The van der Waals surface area contributed by atoms with Gasteiger partial charge in [-0.25, -0.2) is 0 Å². The lowest BCUT2D eigenvalue weighted by Crippen LogP contribution is -2.66. The second kappa shape index (κ2) is 5.42. The number of hydrogen-bond acceptors (Lipinski definition) is 6. The van der Waals surface area contributed by atoms with Gasteiger partial charge in [-0.3, -0.25) is 14.5 Å². The van der Waals surface area contributed by atoms with Crippen molar-refractivity contribution < 1.29 is 19.4 Å². The summed E-state index contributed by atoms with van der Waals surface area (Å²) in [4.78, 5) is 29.6. The quantitative estimate of drug-likeness (QED) is 0.444. The highest BCUT2D eigenvalue weighted by Crippen LogP contribution is 2.63. The third-order valence-corrected chi connectivity index (χ3v) is 7.41. The van der Waals surface area contributed by atoms with Crippen molar-refractivity contribution in [3.63, 3.8) is 0 Å². The molecule has 4 aliphatic heterocycles. The van der Waals surface area contributed by atoms with E-state index in [4.69, 9.17) is 4.74 Å². The summed E-state index contributed by atoms with van der Waals surface area (Å²) in [5.74, 6) is -0.804. The van der Waals surface area contributed by atoms with E-state index >= 15 is 0 Å². The van der Waals surface area contributed by atoms with Crippen LogP contribution in [0.25, 0.3) is 0 Å². The number of aliphatic hydroxyl groups excluding tert-OH is 1. The summed E-state index contributed by atoms with van der Waals surface area (Å²) in [7, 11) is 1.36. The first kappa shape index (κ1) is 17.0. The number of nitrogens with one attached hydrogen (secondary N) is 1. The SMILES string of the molecule is C/C=C1\CN2CC[C@@H]1[C@]1(C(=O)OC)C(=O)[C@@]3(C[C@H]21)c1ccccc1N[C@H]3O. The van der Waals surface area contributed by atoms with E-state index in [-0.39, 0.29) is 17.7 Å². The minimum absolute atomic E-state index is 0.156. The normalized spacial score (nSPS) is 42.9. The number of nitrogens with zero attached hydrogens (tertiary/aromatic N) is 1. The number of carbonyl (C=O) groups is 2. The number of aliphatic hydroxyl groups is 1. The zero-order chi connectivity index (χ0) is 19.0. The van der Waals surface area contributed by atoms with E-state index < -0.39 is 23.0 Å². The van der Waals surface area contributed by atoms with Crippen LogP contribution in [-0.4, -0.2) is 54.2 Å². The molecule has 27 heavy (non-hydrogen) atoms. The molecule has 4 heterocycles. The molecule has 1 saturated carbocycles. The molecule has 1 aliphatic carbocycles. The van der Waals surface area contributed by atoms with Gasteiger partial charge in [0, 0.05) is 24.2 Å². The Hall–Kier alpha value is -2.18. The van der Waals surface area contributed by atoms with Crippen molar-refractivity contribution in [3.05, 3.63) is 41.5 Å². The Morgan fingerprint density at radius 2 is 2.19 bits per heavy atom. The van der Waals surface area contributed by atoms with Gasteiger partial charge in [-0.1, -0.05) is 29.8 Å². The van der Waals surface area contributed by atoms with Gasteiger partial charge in [0.1, 0.15) is 17.1 Å². The minimum Gasteiger partial charge on any atom is -0.468 e. The largest absolute Gasteiger partial charge is 0.468 e. The van der Waals surface area contributed by atoms with Crippen LogP contribution in [0.1, 0.15) is 25.3 Å². The molecule has 0 aromatic heterocycles. The molecule has 4 fully saturated rings. The number of Topliss-reactive ketones (excluding diaryl/α,β-unsaturated/α-hetero) is 1. The fraction of sp³-hybridized carbons (Fsp3) is 0.524. The van der Waals surface area contributed by atoms with Crippen molar-refractivity contribution in [1.82, 2.24) is 4.90 Å². The Balaban J connectivity index is 1.76. The van der Waals surface area contributed by atoms with Crippen LogP contribution >= 0.6 is 0 Å². The third-order valence-electron chi connectivity index (χ3n) is 7.41. The number of methoxy groups -OCH3 is 1. The molecule has 6 atom stereocenters.